The third-order valence-corrected chi connectivity index (χ3v) is 3.73. The van der Waals surface area contributed by atoms with Crippen LogP contribution in [0.3, 0.4) is 0 Å². The molecule has 1 aromatic rings. The predicted molar refractivity (Wildman–Crippen MR) is 76.9 cm³/mol. The molecule has 0 radical (unpaired) electrons. The first-order chi connectivity index (χ1) is 8.45. The van der Waals surface area contributed by atoms with E-state index in [4.69, 9.17) is 0 Å². The number of hydrogen-bond donors (Lipinski definition) is 1. The maximum atomic E-state index is 4.22. The van der Waals surface area contributed by atoms with Crippen LogP contribution in [-0.4, -0.2) is 35.1 Å². The van der Waals surface area contributed by atoms with Gasteiger partial charge < -0.3 is 5.32 Å². The van der Waals surface area contributed by atoms with E-state index < -0.39 is 0 Å². The Bertz CT molecular complexity index is 395. The molecule has 0 spiro atoms. The van der Waals surface area contributed by atoms with Gasteiger partial charge in [0.1, 0.15) is 0 Å². The molecule has 3 heteroatoms. The SMILES string of the molecule is Cc1cc(NC[C@H]2CCN(C(C)(C)C)C2)ccn1. The fourth-order valence-electron chi connectivity index (χ4n) is 2.53. The van der Waals surface area contributed by atoms with Crippen LogP contribution < -0.4 is 5.32 Å². The Balaban J connectivity index is 1.82. The van der Waals surface area contributed by atoms with E-state index in [-0.39, 0.29) is 0 Å². The number of rotatable bonds is 3. The summed E-state index contributed by atoms with van der Waals surface area (Å²) in [7, 11) is 0. The van der Waals surface area contributed by atoms with Gasteiger partial charge in [0.2, 0.25) is 0 Å². The minimum atomic E-state index is 0.308. The highest BCUT2D eigenvalue weighted by Crippen LogP contribution is 2.24. The number of likely N-dealkylation sites (tertiary alicyclic amines) is 1. The van der Waals surface area contributed by atoms with Gasteiger partial charge in [0.15, 0.2) is 0 Å². The standard InChI is InChI=1S/C15H25N3/c1-12-9-14(5-7-16-12)17-10-13-6-8-18(11-13)15(2,3)4/h5,7,9,13H,6,8,10-11H2,1-4H3,(H,16,17)/t13-/m1/s1. The largest absolute Gasteiger partial charge is 0.385 e. The van der Waals surface area contributed by atoms with Crippen LogP contribution in [0.5, 0.6) is 0 Å². The molecule has 1 atom stereocenters. The minimum absolute atomic E-state index is 0.308. The van der Waals surface area contributed by atoms with Crippen LogP contribution in [0.25, 0.3) is 0 Å². The summed E-state index contributed by atoms with van der Waals surface area (Å²) in [4.78, 5) is 6.80. The fourth-order valence-corrected chi connectivity index (χ4v) is 2.53. The maximum Gasteiger partial charge on any atom is 0.0393 e. The van der Waals surface area contributed by atoms with E-state index >= 15 is 0 Å². The lowest BCUT2D eigenvalue weighted by Gasteiger charge is -2.31. The van der Waals surface area contributed by atoms with Gasteiger partial charge in [-0.1, -0.05) is 0 Å². The van der Waals surface area contributed by atoms with E-state index in [1.165, 1.54) is 25.2 Å². The van der Waals surface area contributed by atoms with Crippen LogP contribution in [-0.2, 0) is 0 Å². The average molecular weight is 247 g/mol. The second-order valence-corrected chi connectivity index (χ2v) is 6.34. The first-order valence-electron chi connectivity index (χ1n) is 6.87. The summed E-state index contributed by atoms with van der Waals surface area (Å²) in [6.07, 6.45) is 3.17. The number of nitrogens with zero attached hydrogens (tertiary/aromatic N) is 2. The molecule has 1 saturated heterocycles. The molecule has 1 aromatic heterocycles. The first-order valence-corrected chi connectivity index (χ1v) is 6.87. The Kier molecular flexibility index (Phi) is 3.91. The Morgan fingerprint density at radius 1 is 1.44 bits per heavy atom. The van der Waals surface area contributed by atoms with Crippen molar-refractivity contribution in [2.24, 2.45) is 5.92 Å². The zero-order chi connectivity index (χ0) is 13.2. The molecule has 1 fully saturated rings. The van der Waals surface area contributed by atoms with Gasteiger partial charge in [-0.15, -0.1) is 0 Å². The van der Waals surface area contributed by atoms with Crippen LogP contribution >= 0.6 is 0 Å². The summed E-state index contributed by atoms with van der Waals surface area (Å²) >= 11 is 0. The average Bonchev–Trinajstić information content (AvgIpc) is 2.74. The Morgan fingerprint density at radius 2 is 2.22 bits per heavy atom. The van der Waals surface area contributed by atoms with Crippen molar-refractivity contribution in [2.45, 2.75) is 39.7 Å². The molecule has 1 aliphatic rings. The van der Waals surface area contributed by atoms with Gasteiger partial charge >= 0.3 is 0 Å². The summed E-state index contributed by atoms with van der Waals surface area (Å²) in [5.41, 5.74) is 2.57. The highest BCUT2D eigenvalue weighted by molar-refractivity contribution is 5.42. The molecule has 0 bridgehead atoms. The molecular weight excluding hydrogens is 222 g/mol. The molecule has 0 saturated carbocycles. The second-order valence-electron chi connectivity index (χ2n) is 6.34. The molecule has 3 nitrogen and oxygen atoms in total. The van der Waals surface area contributed by atoms with E-state index in [1.807, 2.05) is 19.2 Å². The van der Waals surface area contributed by atoms with Crippen LogP contribution in [0.4, 0.5) is 5.69 Å². The quantitative estimate of drug-likeness (QED) is 0.890. The van der Waals surface area contributed by atoms with E-state index in [0.29, 0.717) is 5.54 Å². The van der Waals surface area contributed by atoms with Gasteiger partial charge in [-0.3, -0.25) is 9.88 Å². The van der Waals surface area contributed by atoms with Gasteiger partial charge in [-0.25, -0.2) is 0 Å². The molecule has 0 aliphatic carbocycles. The zero-order valence-corrected chi connectivity index (χ0v) is 12.0. The third-order valence-electron chi connectivity index (χ3n) is 3.73. The molecule has 2 rings (SSSR count). The molecular formula is C15H25N3. The fraction of sp³-hybridized carbons (Fsp3) is 0.667. The van der Waals surface area contributed by atoms with Gasteiger partial charge in [0, 0.05) is 36.2 Å². The van der Waals surface area contributed by atoms with Crippen molar-refractivity contribution in [3.8, 4) is 0 Å². The molecule has 0 amide bonds. The Morgan fingerprint density at radius 3 is 2.83 bits per heavy atom. The Labute approximate surface area is 111 Å². The number of anilines is 1. The van der Waals surface area contributed by atoms with Crippen molar-refractivity contribution in [3.63, 3.8) is 0 Å². The highest BCUT2D eigenvalue weighted by Gasteiger charge is 2.29. The van der Waals surface area contributed by atoms with Gasteiger partial charge in [0.05, 0.1) is 0 Å². The van der Waals surface area contributed by atoms with Crippen LogP contribution in [0.1, 0.15) is 32.9 Å². The van der Waals surface area contributed by atoms with E-state index in [9.17, 15) is 0 Å². The topological polar surface area (TPSA) is 28.2 Å². The first kappa shape index (κ1) is 13.3. The molecule has 1 N–H and O–H groups in total. The number of aryl methyl sites for hydroxylation is 1. The van der Waals surface area contributed by atoms with Crippen LogP contribution in [0.15, 0.2) is 18.3 Å². The molecule has 1 aliphatic heterocycles. The highest BCUT2D eigenvalue weighted by atomic mass is 15.2. The molecule has 2 heterocycles. The van der Waals surface area contributed by atoms with Crippen molar-refractivity contribution in [3.05, 3.63) is 24.0 Å². The number of hydrogen-bond acceptors (Lipinski definition) is 3. The summed E-state index contributed by atoms with van der Waals surface area (Å²) in [6.45, 7) is 12.4. The molecule has 0 aromatic carbocycles. The maximum absolute atomic E-state index is 4.22. The van der Waals surface area contributed by atoms with E-state index in [0.717, 1.165) is 18.2 Å². The lowest BCUT2D eigenvalue weighted by atomic mass is 10.1. The molecule has 18 heavy (non-hydrogen) atoms. The smallest absolute Gasteiger partial charge is 0.0393 e. The predicted octanol–water partition coefficient (Wildman–Crippen LogP) is 2.92. The van der Waals surface area contributed by atoms with E-state index in [1.54, 1.807) is 0 Å². The third kappa shape index (κ3) is 3.45. The monoisotopic (exact) mass is 247 g/mol. The number of nitrogens with one attached hydrogen (secondary N) is 1. The molecule has 0 unspecified atom stereocenters. The second kappa shape index (κ2) is 5.27. The summed E-state index contributed by atoms with van der Waals surface area (Å²) in [6, 6.07) is 4.15. The van der Waals surface area contributed by atoms with Crippen molar-refractivity contribution < 1.29 is 0 Å². The van der Waals surface area contributed by atoms with Crippen molar-refractivity contribution in [1.82, 2.24) is 9.88 Å². The van der Waals surface area contributed by atoms with Crippen LogP contribution in [0, 0.1) is 12.8 Å². The number of pyridine rings is 1. The van der Waals surface area contributed by atoms with Gasteiger partial charge in [-0.05, 0) is 58.7 Å². The lowest BCUT2D eigenvalue weighted by molar-refractivity contribution is 0.169. The summed E-state index contributed by atoms with van der Waals surface area (Å²) < 4.78 is 0. The van der Waals surface area contributed by atoms with Crippen molar-refractivity contribution in [1.29, 1.82) is 0 Å². The Hall–Kier alpha value is -1.09. The van der Waals surface area contributed by atoms with Crippen molar-refractivity contribution in [2.75, 3.05) is 25.0 Å². The summed E-state index contributed by atoms with van der Waals surface area (Å²) in [5, 5.41) is 3.53. The molecule has 100 valence electrons. The van der Waals surface area contributed by atoms with E-state index in [2.05, 4.69) is 42.0 Å². The zero-order valence-electron chi connectivity index (χ0n) is 12.0. The van der Waals surface area contributed by atoms with Gasteiger partial charge in [-0.2, -0.15) is 0 Å². The summed E-state index contributed by atoms with van der Waals surface area (Å²) in [5.74, 6) is 0.762. The van der Waals surface area contributed by atoms with Crippen molar-refractivity contribution >= 4 is 5.69 Å². The number of aromatic nitrogens is 1. The lowest BCUT2D eigenvalue weighted by Crippen LogP contribution is -2.39. The normalized spacial score (nSPS) is 21.2. The van der Waals surface area contributed by atoms with Crippen LogP contribution in [0.2, 0.25) is 0 Å². The van der Waals surface area contributed by atoms with Gasteiger partial charge in [0.25, 0.3) is 0 Å². The minimum Gasteiger partial charge on any atom is -0.385 e.